The van der Waals surface area contributed by atoms with Gasteiger partial charge in [-0.1, -0.05) is 0 Å². The normalized spacial score (nSPS) is 11.1. The van der Waals surface area contributed by atoms with Gasteiger partial charge in [0.25, 0.3) is 0 Å². The van der Waals surface area contributed by atoms with E-state index in [1.807, 2.05) is 20.8 Å². The predicted octanol–water partition coefficient (Wildman–Crippen LogP) is 2.05. The van der Waals surface area contributed by atoms with Gasteiger partial charge in [-0.3, -0.25) is 4.79 Å². The third kappa shape index (κ3) is 2.58. The van der Waals surface area contributed by atoms with Gasteiger partial charge in [-0.25, -0.2) is 14.6 Å². The number of aryl methyl sites for hydroxylation is 1. The molecule has 0 spiro atoms. The molecule has 0 saturated heterocycles. The first-order valence-electron chi connectivity index (χ1n) is 5.41. The zero-order valence-corrected chi connectivity index (χ0v) is 10.9. The third-order valence-electron chi connectivity index (χ3n) is 2.36. The van der Waals surface area contributed by atoms with E-state index >= 15 is 0 Å². The molecule has 2 aromatic rings. The summed E-state index contributed by atoms with van der Waals surface area (Å²) in [7, 11) is 0. The molecule has 0 aliphatic heterocycles. The standard InChI is InChI=1S/C11H14N4OS/c1-7(2)15-11(12-6-13-15)4-10(16)9-5-17-8(3)14-9/h5-7H,4H2,1-3H3. The Labute approximate surface area is 104 Å². The molecule has 0 aliphatic rings. The van der Waals surface area contributed by atoms with Crippen molar-refractivity contribution in [1.29, 1.82) is 0 Å². The first kappa shape index (κ1) is 11.9. The number of hydrogen-bond donors (Lipinski definition) is 0. The van der Waals surface area contributed by atoms with Crippen LogP contribution in [0, 0.1) is 6.92 Å². The SMILES string of the molecule is Cc1nc(C(=O)Cc2ncnn2C(C)C)cs1. The first-order chi connectivity index (χ1) is 8.08. The second kappa shape index (κ2) is 4.75. The van der Waals surface area contributed by atoms with Crippen LogP contribution in [-0.4, -0.2) is 25.5 Å². The molecule has 2 heterocycles. The van der Waals surface area contributed by atoms with Gasteiger partial charge in [-0.15, -0.1) is 11.3 Å². The summed E-state index contributed by atoms with van der Waals surface area (Å²) in [5.74, 6) is 0.680. The van der Waals surface area contributed by atoms with Crippen LogP contribution in [0.25, 0.3) is 0 Å². The minimum absolute atomic E-state index is 0.00995. The molecule has 0 N–H and O–H groups in total. The van der Waals surface area contributed by atoms with Crippen LogP contribution in [0.2, 0.25) is 0 Å². The number of aromatic nitrogens is 4. The molecular formula is C11H14N4OS. The maximum atomic E-state index is 12.0. The maximum absolute atomic E-state index is 12.0. The number of nitrogens with zero attached hydrogens (tertiary/aromatic N) is 4. The number of thiazole rings is 1. The van der Waals surface area contributed by atoms with Crippen LogP contribution in [0.15, 0.2) is 11.7 Å². The Morgan fingerprint density at radius 3 is 2.88 bits per heavy atom. The van der Waals surface area contributed by atoms with Crippen molar-refractivity contribution in [2.24, 2.45) is 0 Å². The van der Waals surface area contributed by atoms with E-state index in [0.717, 1.165) is 5.01 Å². The highest BCUT2D eigenvalue weighted by molar-refractivity contribution is 7.09. The van der Waals surface area contributed by atoms with Crippen molar-refractivity contribution < 1.29 is 4.79 Å². The minimum atomic E-state index is -0.00995. The Balaban J connectivity index is 2.16. The van der Waals surface area contributed by atoms with Crippen molar-refractivity contribution in [3.63, 3.8) is 0 Å². The number of Topliss-reactive ketones (excluding diaryl/α,β-unsaturated/α-hetero) is 1. The lowest BCUT2D eigenvalue weighted by Gasteiger charge is -2.07. The molecule has 0 unspecified atom stereocenters. The van der Waals surface area contributed by atoms with Crippen LogP contribution in [0.1, 0.15) is 41.2 Å². The third-order valence-corrected chi connectivity index (χ3v) is 3.13. The molecule has 0 amide bonds. The molecule has 5 nitrogen and oxygen atoms in total. The number of carbonyl (C=O) groups excluding carboxylic acids is 1. The molecule has 0 atom stereocenters. The molecule has 0 aliphatic carbocycles. The average Bonchev–Trinajstić information content (AvgIpc) is 2.86. The van der Waals surface area contributed by atoms with Gasteiger partial charge in [0.1, 0.15) is 17.8 Å². The predicted molar refractivity (Wildman–Crippen MR) is 65.3 cm³/mol. The highest BCUT2D eigenvalue weighted by atomic mass is 32.1. The molecule has 6 heteroatoms. The Morgan fingerprint density at radius 2 is 2.29 bits per heavy atom. The molecule has 90 valence electrons. The minimum Gasteiger partial charge on any atom is -0.292 e. The van der Waals surface area contributed by atoms with Gasteiger partial charge in [0.2, 0.25) is 0 Å². The van der Waals surface area contributed by atoms with Gasteiger partial charge in [-0.2, -0.15) is 5.10 Å². The fourth-order valence-corrected chi connectivity index (χ4v) is 2.17. The Hall–Kier alpha value is -1.56. The van der Waals surface area contributed by atoms with Crippen molar-refractivity contribution in [1.82, 2.24) is 19.7 Å². The van der Waals surface area contributed by atoms with Crippen LogP contribution in [-0.2, 0) is 6.42 Å². The van der Waals surface area contributed by atoms with E-state index in [-0.39, 0.29) is 18.2 Å². The van der Waals surface area contributed by atoms with Crippen molar-refractivity contribution in [3.05, 3.63) is 28.2 Å². The molecule has 0 bridgehead atoms. The summed E-state index contributed by atoms with van der Waals surface area (Å²) in [6.45, 7) is 5.91. The first-order valence-corrected chi connectivity index (χ1v) is 6.29. The lowest BCUT2D eigenvalue weighted by molar-refractivity contribution is 0.0985. The number of hydrogen-bond acceptors (Lipinski definition) is 5. The van der Waals surface area contributed by atoms with E-state index < -0.39 is 0 Å². The monoisotopic (exact) mass is 250 g/mol. The topological polar surface area (TPSA) is 60.7 Å². The zero-order chi connectivity index (χ0) is 12.4. The molecule has 0 aromatic carbocycles. The number of carbonyl (C=O) groups is 1. The van der Waals surface area contributed by atoms with Gasteiger partial charge in [0.15, 0.2) is 5.78 Å². The van der Waals surface area contributed by atoms with Gasteiger partial charge < -0.3 is 0 Å². The van der Waals surface area contributed by atoms with Gasteiger partial charge in [0.05, 0.1) is 11.4 Å². The van der Waals surface area contributed by atoms with Gasteiger partial charge in [-0.05, 0) is 20.8 Å². The number of rotatable bonds is 4. The van der Waals surface area contributed by atoms with Crippen molar-refractivity contribution in [3.8, 4) is 0 Å². The quantitative estimate of drug-likeness (QED) is 0.779. The smallest absolute Gasteiger partial charge is 0.189 e. The maximum Gasteiger partial charge on any atom is 0.189 e. The highest BCUT2D eigenvalue weighted by Gasteiger charge is 2.15. The average molecular weight is 250 g/mol. The second-order valence-corrected chi connectivity index (χ2v) is 5.13. The van der Waals surface area contributed by atoms with Crippen molar-refractivity contribution >= 4 is 17.1 Å². The molecule has 0 radical (unpaired) electrons. The summed E-state index contributed by atoms with van der Waals surface area (Å²) < 4.78 is 1.76. The van der Waals surface area contributed by atoms with E-state index in [0.29, 0.717) is 11.5 Å². The fraction of sp³-hybridized carbons (Fsp3) is 0.455. The van der Waals surface area contributed by atoms with E-state index in [9.17, 15) is 4.79 Å². The van der Waals surface area contributed by atoms with E-state index in [2.05, 4.69) is 15.1 Å². The summed E-state index contributed by atoms with van der Waals surface area (Å²) >= 11 is 1.48. The van der Waals surface area contributed by atoms with Crippen molar-refractivity contribution in [2.45, 2.75) is 33.2 Å². The van der Waals surface area contributed by atoms with E-state index in [4.69, 9.17) is 0 Å². The highest BCUT2D eigenvalue weighted by Crippen LogP contribution is 2.12. The largest absolute Gasteiger partial charge is 0.292 e. The lowest BCUT2D eigenvalue weighted by atomic mass is 10.2. The van der Waals surface area contributed by atoms with Crippen molar-refractivity contribution in [2.75, 3.05) is 0 Å². The molecule has 0 saturated carbocycles. The fourth-order valence-electron chi connectivity index (χ4n) is 1.56. The van der Waals surface area contributed by atoms with Gasteiger partial charge in [0, 0.05) is 11.4 Å². The molecule has 2 rings (SSSR count). The van der Waals surface area contributed by atoms with Crippen LogP contribution in [0.4, 0.5) is 0 Å². The Kier molecular flexibility index (Phi) is 3.33. The molecular weight excluding hydrogens is 236 g/mol. The van der Waals surface area contributed by atoms with Crippen LogP contribution >= 0.6 is 11.3 Å². The Bertz CT molecular complexity index is 529. The summed E-state index contributed by atoms with van der Waals surface area (Å²) in [5.41, 5.74) is 0.519. The lowest BCUT2D eigenvalue weighted by Crippen LogP contribution is -2.13. The molecule has 2 aromatic heterocycles. The van der Waals surface area contributed by atoms with E-state index in [1.54, 1.807) is 10.1 Å². The summed E-state index contributed by atoms with van der Waals surface area (Å²) in [5, 5.41) is 6.79. The number of ketones is 1. The van der Waals surface area contributed by atoms with Gasteiger partial charge >= 0.3 is 0 Å². The molecule has 0 fully saturated rings. The van der Waals surface area contributed by atoms with Crippen LogP contribution < -0.4 is 0 Å². The van der Waals surface area contributed by atoms with Crippen LogP contribution in [0.5, 0.6) is 0 Å². The zero-order valence-electron chi connectivity index (χ0n) is 10.0. The Morgan fingerprint density at radius 1 is 1.53 bits per heavy atom. The summed E-state index contributed by atoms with van der Waals surface area (Å²) in [4.78, 5) is 20.3. The summed E-state index contributed by atoms with van der Waals surface area (Å²) in [6.07, 6.45) is 1.73. The summed E-state index contributed by atoms with van der Waals surface area (Å²) in [6, 6.07) is 0.206. The van der Waals surface area contributed by atoms with E-state index in [1.165, 1.54) is 17.7 Å². The second-order valence-electron chi connectivity index (χ2n) is 4.07. The molecule has 17 heavy (non-hydrogen) atoms. The van der Waals surface area contributed by atoms with Crippen LogP contribution in [0.3, 0.4) is 0 Å².